The molecule has 0 spiro atoms. The van der Waals surface area contributed by atoms with E-state index < -0.39 is 5.97 Å². The van der Waals surface area contributed by atoms with Crippen LogP contribution in [0, 0.1) is 0 Å². The minimum Gasteiger partial charge on any atom is -0.481 e. The van der Waals surface area contributed by atoms with Gasteiger partial charge >= 0.3 is 5.97 Å². The predicted molar refractivity (Wildman–Crippen MR) is 62.5 cm³/mol. The standard InChI is InChI=1S/C8H5BrCl2O2S/c9-4-1-2-5(8(11)7(4)10)14-3-6(12)13/h1-2H,3H2,(H,12,13). The average molecular weight is 316 g/mol. The third-order valence-electron chi connectivity index (χ3n) is 1.35. The Bertz CT molecular complexity index is 371. The van der Waals surface area contributed by atoms with Crippen molar-refractivity contribution >= 4 is 56.9 Å². The van der Waals surface area contributed by atoms with Crippen molar-refractivity contribution < 1.29 is 9.90 Å². The van der Waals surface area contributed by atoms with Crippen molar-refractivity contribution in [2.75, 3.05) is 5.75 Å². The fourth-order valence-electron chi connectivity index (χ4n) is 0.759. The summed E-state index contributed by atoms with van der Waals surface area (Å²) in [5, 5.41) is 9.27. The maximum absolute atomic E-state index is 10.3. The summed E-state index contributed by atoms with van der Waals surface area (Å²) in [6.07, 6.45) is 0. The summed E-state index contributed by atoms with van der Waals surface area (Å²) >= 11 is 16.1. The van der Waals surface area contributed by atoms with Gasteiger partial charge in [-0.2, -0.15) is 0 Å². The molecule has 0 fully saturated rings. The van der Waals surface area contributed by atoms with Gasteiger partial charge in [-0.05, 0) is 28.1 Å². The van der Waals surface area contributed by atoms with E-state index in [1.54, 1.807) is 12.1 Å². The molecule has 2 nitrogen and oxygen atoms in total. The molecule has 0 aromatic heterocycles. The molecule has 6 heteroatoms. The van der Waals surface area contributed by atoms with Gasteiger partial charge in [0.15, 0.2) is 0 Å². The summed E-state index contributed by atoms with van der Waals surface area (Å²) in [6, 6.07) is 3.46. The number of aliphatic carboxylic acids is 1. The number of carboxylic acids is 1. The number of hydrogen-bond donors (Lipinski definition) is 1. The number of hydrogen-bond acceptors (Lipinski definition) is 2. The molecule has 0 amide bonds. The molecule has 1 rings (SSSR count). The maximum Gasteiger partial charge on any atom is 0.313 e. The van der Waals surface area contributed by atoms with Crippen molar-refractivity contribution in [1.29, 1.82) is 0 Å². The van der Waals surface area contributed by atoms with Crippen molar-refractivity contribution in [3.8, 4) is 0 Å². The van der Waals surface area contributed by atoms with Crippen LogP contribution in [0.3, 0.4) is 0 Å². The molecule has 0 aliphatic heterocycles. The molecule has 1 N–H and O–H groups in total. The van der Waals surface area contributed by atoms with E-state index in [0.29, 0.717) is 19.4 Å². The Labute approximate surface area is 104 Å². The highest BCUT2D eigenvalue weighted by atomic mass is 79.9. The highest BCUT2D eigenvalue weighted by molar-refractivity contribution is 9.10. The molecule has 76 valence electrons. The van der Waals surface area contributed by atoms with E-state index in [1.807, 2.05) is 0 Å². The Balaban J connectivity index is 2.88. The van der Waals surface area contributed by atoms with E-state index in [9.17, 15) is 4.79 Å². The first-order chi connectivity index (χ1) is 6.52. The van der Waals surface area contributed by atoms with E-state index in [-0.39, 0.29) is 5.75 Å². The Morgan fingerprint density at radius 3 is 2.64 bits per heavy atom. The summed E-state index contributed by atoms with van der Waals surface area (Å²) in [7, 11) is 0. The third-order valence-corrected chi connectivity index (χ3v) is 4.28. The van der Waals surface area contributed by atoms with Crippen LogP contribution in [0.25, 0.3) is 0 Å². The Morgan fingerprint density at radius 1 is 1.43 bits per heavy atom. The number of benzene rings is 1. The molecule has 0 saturated heterocycles. The molecular weight excluding hydrogens is 311 g/mol. The summed E-state index contributed by atoms with van der Waals surface area (Å²) in [5.74, 6) is -0.914. The fraction of sp³-hybridized carbons (Fsp3) is 0.125. The number of carboxylic acid groups (broad SMARTS) is 1. The third kappa shape index (κ3) is 3.05. The molecule has 0 radical (unpaired) electrons. The van der Waals surface area contributed by atoms with Gasteiger partial charge in [-0.3, -0.25) is 4.79 Å². The van der Waals surface area contributed by atoms with Gasteiger partial charge in [0.1, 0.15) is 0 Å². The zero-order valence-corrected chi connectivity index (χ0v) is 10.7. The highest BCUT2D eigenvalue weighted by Gasteiger charge is 2.09. The Morgan fingerprint density at radius 2 is 2.07 bits per heavy atom. The number of halogens is 3. The molecular formula is C8H5BrCl2O2S. The van der Waals surface area contributed by atoms with E-state index in [0.717, 1.165) is 11.8 Å². The molecule has 0 saturated carbocycles. The molecule has 14 heavy (non-hydrogen) atoms. The van der Waals surface area contributed by atoms with Gasteiger partial charge in [0.05, 0.1) is 15.8 Å². The minimum atomic E-state index is -0.884. The van der Waals surface area contributed by atoms with Crippen molar-refractivity contribution in [3.05, 3.63) is 26.7 Å². The van der Waals surface area contributed by atoms with Gasteiger partial charge in [0.25, 0.3) is 0 Å². The number of thioether (sulfide) groups is 1. The molecule has 0 unspecified atom stereocenters. The molecule has 0 aliphatic rings. The monoisotopic (exact) mass is 314 g/mol. The second-order valence-electron chi connectivity index (χ2n) is 2.36. The van der Waals surface area contributed by atoms with Crippen LogP contribution in [0.4, 0.5) is 0 Å². The quantitative estimate of drug-likeness (QED) is 0.678. The van der Waals surface area contributed by atoms with Gasteiger partial charge in [-0.15, -0.1) is 11.8 Å². The summed E-state index contributed by atoms with van der Waals surface area (Å²) in [5.41, 5.74) is 0. The van der Waals surface area contributed by atoms with E-state index in [2.05, 4.69) is 15.9 Å². The number of carbonyl (C=O) groups is 1. The molecule has 0 atom stereocenters. The van der Waals surface area contributed by atoms with Crippen molar-refractivity contribution in [2.24, 2.45) is 0 Å². The highest BCUT2D eigenvalue weighted by Crippen LogP contribution is 2.37. The average Bonchev–Trinajstić information content (AvgIpc) is 2.13. The van der Waals surface area contributed by atoms with Gasteiger partial charge in [-0.1, -0.05) is 23.2 Å². The molecule has 0 aliphatic carbocycles. The van der Waals surface area contributed by atoms with Gasteiger partial charge in [0.2, 0.25) is 0 Å². The Kier molecular flexibility index (Phi) is 4.57. The predicted octanol–water partition coefficient (Wildman–Crippen LogP) is 3.93. The fourth-order valence-corrected chi connectivity index (χ4v) is 2.43. The second kappa shape index (κ2) is 5.26. The van der Waals surface area contributed by atoms with Crippen LogP contribution in [0.15, 0.2) is 21.5 Å². The van der Waals surface area contributed by atoms with Crippen LogP contribution in [-0.4, -0.2) is 16.8 Å². The molecule has 1 aromatic carbocycles. The zero-order chi connectivity index (χ0) is 10.7. The van der Waals surface area contributed by atoms with Crippen molar-refractivity contribution in [2.45, 2.75) is 4.90 Å². The zero-order valence-electron chi connectivity index (χ0n) is 6.76. The summed E-state index contributed by atoms with van der Waals surface area (Å²) in [6.45, 7) is 0. The first-order valence-corrected chi connectivity index (χ1v) is 6.04. The molecule has 0 heterocycles. The summed E-state index contributed by atoms with van der Waals surface area (Å²) in [4.78, 5) is 11.0. The van der Waals surface area contributed by atoms with Crippen LogP contribution in [-0.2, 0) is 4.79 Å². The van der Waals surface area contributed by atoms with Crippen molar-refractivity contribution in [3.63, 3.8) is 0 Å². The first kappa shape index (κ1) is 12.2. The maximum atomic E-state index is 10.3. The van der Waals surface area contributed by atoms with Gasteiger partial charge < -0.3 is 5.11 Å². The second-order valence-corrected chi connectivity index (χ2v) is 4.98. The van der Waals surface area contributed by atoms with E-state index in [4.69, 9.17) is 28.3 Å². The topological polar surface area (TPSA) is 37.3 Å². The smallest absolute Gasteiger partial charge is 0.313 e. The lowest BCUT2D eigenvalue weighted by molar-refractivity contribution is -0.133. The summed E-state index contributed by atoms with van der Waals surface area (Å²) < 4.78 is 0.698. The van der Waals surface area contributed by atoms with Gasteiger partial charge in [0, 0.05) is 9.37 Å². The minimum absolute atomic E-state index is 0.0301. The van der Waals surface area contributed by atoms with Crippen LogP contribution < -0.4 is 0 Å². The van der Waals surface area contributed by atoms with Gasteiger partial charge in [-0.25, -0.2) is 0 Å². The Hall–Kier alpha value is 0.1000. The van der Waals surface area contributed by atoms with Crippen LogP contribution in [0.2, 0.25) is 10.0 Å². The lowest BCUT2D eigenvalue weighted by atomic mass is 10.4. The van der Waals surface area contributed by atoms with E-state index in [1.165, 1.54) is 0 Å². The van der Waals surface area contributed by atoms with Crippen LogP contribution >= 0.6 is 50.9 Å². The molecule has 0 bridgehead atoms. The largest absolute Gasteiger partial charge is 0.481 e. The lowest BCUT2D eigenvalue weighted by Crippen LogP contribution is -1.97. The van der Waals surface area contributed by atoms with Crippen LogP contribution in [0.5, 0.6) is 0 Å². The van der Waals surface area contributed by atoms with Crippen LogP contribution in [0.1, 0.15) is 0 Å². The lowest BCUT2D eigenvalue weighted by Gasteiger charge is -2.05. The number of rotatable bonds is 3. The SMILES string of the molecule is O=C(O)CSc1ccc(Br)c(Cl)c1Cl. The van der Waals surface area contributed by atoms with Crippen molar-refractivity contribution in [1.82, 2.24) is 0 Å². The first-order valence-electron chi connectivity index (χ1n) is 3.50. The normalized spacial score (nSPS) is 10.2. The molecule has 1 aromatic rings. The van der Waals surface area contributed by atoms with E-state index >= 15 is 0 Å².